The normalized spacial score (nSPS) is 14.8. The molecule has 2 heterocycles. The molecule has 2 amide bonds. The van der Waals surface area contributed by atoms with Crippen molar-refractivity contribution in [2.45, 2.75) is 39.5 Å². The molecule has 40 heavy (non-hydrogen) atoms. The molecule has 1 atom stereocenters. The topological polar surface area (TPSA) is 103 Å². The Morgan fingerprint density at radius 2 is 1.85 bits per heavy atom. The van der Waals surface area contributed by atoms with Gasteiger partial charge in [-0.25, -0.2) is 0 Å². The van der Waals surface area contributed by atoms with Crippen LogP contribution in [0, 0.1) is 18.3 Å². The van der Waals surface area contributed by atoms with E-state index in [2.05, 4.69) is 28.9 Å². The molecule has 4 rings (SSSR count). The predicted octanol–water partition coefficient (Wildman–Crippen LogP) is 6.94. The van der Waals surface area contributed by atoms with E-state index in [-0.39, 0.29) is 17.6 Å². The smallest absolute Gasteiger partial charge is 0.254 e. The van der Waals surface area contributed by atoms with Crippen LogP contribution in [0.1, 0.15) is 43.0 Å². The van der Waals surface area contributed by atoms with Gasteiger partial charge in [0.15, 0.2) is 0 Å². The number of anilines is 2. The quantitative estimate of drug-likeness (QED) is 0.215. The van der Waals surface area contributed by atoms with Crippen LogP contribution in [-0.2, 0) is 9.59 Å². The second-order valence-electron chi connectivity index (χ2n) is 9.30. The molecule has 2 aromatic carbocycles. The van der Waals surface area contributed by atoms with Crippen molar-refractivity contribution in [2.75, 3.05) is 23.0 Å². The van der Waals surface area contributed by atoms with Crippen LogP contribution in [0.5, 0.6) is 5.75 Å². The van der Waals surface area contributed by atoms with Gasteiger partial charge in [-0.15, -0.1) is 11.3 Å². The minimum atomic E-state index is -0.541. The van der Waals surface area contributed by atoms with Gasteiger partial charge in [0.2, 0.25) is 5.91 Å². The molecule has 0 fully saturated rings. The lowest BCUT2D eigenvalue weighted by molar-refractivity contribution is -0.114. The third-order valence-corrected chi connectivity index (χ3v) is 8.32. The van der Waals surface area contributed by atoms with Crippen LogP contribution in [0.2, 0.25) is 0 Å². The second-order valence-corrected chi connectivity index (χ2v) is 11.3. The largest absolute Gasteiger partial charge is 0.494 e. The number of unbranched alkanes of at least 4 members (excludes halogenated alkanes) is 1. The molecule has 0 bridgehead atoms. The third-order valence-electron chi connectivity index (χ3n) is 6.37. The number of hydrogen-bond acceptors (Lipinski definition) is 7. The van der Waals surface area contributed by atoms with Gasteiger partial charge in [0.1, 0.15) is 5.75 Å². The molecule has 9 heteroatoms. The zero-order valence-electron chi connectivity index (χ0n) is 22.7. The Bertz CT molecular complexity index is 1450. The van der Waals surface area contributed by atoms with Crippen molar-refractivity contribution in [3.63, 3.8) is 0 Å². The van der Waals surface area contributed by atoms with Crippen molar-refractivity contribution >= 4 is 46.3 Å². The molecule has 0 saturated carbocycles. The Morgan fingerprint density at radius 3 is 2.52 bits per heavy atom. The van der Waals surface area contributed by atoms with E-state index in [1.165, 1.54) is 23.1 Å². The Morgan fingerprint density at radius 1 is 1.07 bits per heavy atom. The standard InChI is InChI=1S/C31H32N4O3S2/c1-4-5-16-38-23-14-12-22(13-15-23)34-27(36)19-40-31-24(18-32)29(26-11-8-17-39-26)28(21(3)33-31)30(37)35-25-10-7-6-9-20(25)2/h6-15,17,29,33H,4-5,16,19H2,1-3H3,(H,34,36)(H,35,37). The van der Waals surface area contributed by atoms with E-state index in [0.717, 1.165) is 34.7 Å². The number of aryl methyl sites for hydroxylation is 1. The highest BCUT2D eigenvalue weighted by Gasteiger charge is 2.35. The summed E-state index contributed by atoms with van der Waals surface area (Å²) < 4.78 is 5.68. The Labute approximate surface area is 243 Å². The van der Waals surface area contributed by atoms with Crippen LogP contribution in [0.3, 0.4) is 0 Å². The number of benzene rings is 2. The van der Waals surface area contributed by atoms with Gasteiger partial charge < -0.3 is 20.7 Å². The van der Waals surface area contributed by atoms with Crippen molar-refractivity contribution < 1.29 is 14.3 Å². The van der Waals surface area contributed by atoms with Crippen LogP contribution in [0.25, 0.3) is 0 Å². The minimum absolute atomic E-state index is 0.0947. The number of thioether (sulfide) groups is 1. The van der Waals surface area contributed by atoms with Crippen molar-refractivity contribution in [3.05, 3.63) is 98.4 Å². The number of nitriles is 1. The molecule has 1 aliphatic rings. The highest BCUT2D eigenvalue weighted by molar-refractivity contribution is 8.03. The molecule has 1 unspecified atom stereocenters. The number of hydrogen-bond donors (Lipinski definition) is 3. The number of thiophene rings is 1. The van der Waals surface area contributed by atoms with E-state index in [4.69, 9.17) is 4.74 Å². The Kier molecular flexibility index (Phi) is 10.1. The Hall–Kier alpha value is -4.00. The van der Waals surface area contributed by atoms with Gasteiger partial charge in [0, 0.05) is 27.5 Å². The summed E-state index contributed by atoms with van der Waals surface area (Å²) in [5.74, 6) is -0.151. The molecule has 7 nitrogen and oxygen atoms in total. The third kappa shape index (κ3) is 7.14. The van der Waals surface area contributed by atoms with Gasteiger partial charge in [0.05, 0.1) is 34.9 Å². The monoisotopic (exact) mass is 572 g/mol. The number of carbonyl (C=O) groups is 2. The summed E-state index contributed by atoms with van der Waals surface area (Å²) in [5, 5.41) is 21.9. The fraction of sp³-hybridized carbons (Fsp3) is 0.258. The average Bonchev–Trinajstić information content (AvgIpc) is 3.48. The number of dihydropyridines is 1. The van der Waals surface area contributed by atoms with Crippen LogP contribution in [-0.4, -0.2) is 24.2 Å². The van der Waals surface area contributed by atoms with Crippen molar-refractivity contribution in [1.82, 2.24) is 5.32 Å². The van der Waals surface area contributed by atoms with E-state index in [0.29, 0.717) is 34.2 Å². The van der Waals surface area contributed by atoms with E-state index in [1.54, 1.807) is 0 Å². The summed E-state index contributed by atoms with van der Waals surface area (Å²) in [5.41, 5.74) is 3.87. The SMILES string of the molecule is CCCCOc1ccc(NC(=O)CSC2=C(C#N)C(c3cccs3)C(C(=O)Nc3ccccc3C)=C(C)N2)cc1. The molecule has 206 valence electrons. The van der Waals surface area contributed by atoms with E-state index < -0.39 is 5.92 Å². The number of carbonyl (C=O) groups excluding carboxylic acids is 2. The van der Waals surface area contributed by atoms with Crippen LogP contribution in [0.15, 0.2) is 87.9 Å². The number of nitrogens with zero attached hydrogens (tertiary/aromatic N) is 1. The Balaban J connectivity index is 1.49. The fourth-order valence-corrected chi connectivity index (χ4v) is 6.01. The molecule has 0 aliphatic carbocycles. The first kappa shape index (κ1) is 29.0. The molecule has 0 radical (unpaired) electrons. The zero-order chi connectivity index (χ0) is 28.5. The summed E-state index contributed by atoms with van der Waals surface area (Å²) >= 11 is 2.74. The number of rotatable bonds is 11. The lowest BCUT2D eigenvalue weighted by Gasteiger charge is -2.29. The zero-order valence-corrected chi connectivity index (χ0v) is 24.4. The molecule has 1 aliphatic heterocycles. The summed E-state index contributed by atoms with van der Waals surface area (Å²) in [4.78, 5) is 27.2. The van der Waals surface area contributed by atoms with E-state index in [1.807, 2.05) is 79.9 Å². The molecular weight excluding hydrogens is 541 g/mol. The van der Waals surface area contributed by atoms with Crippen molar-refractivity contribution in [1.29, 1.82) is 5.26 Å². The maximum absolute atomic E-state index is 13.6. The summed E-state index contributed by atoms with van der Waals surface area (Å²) in [7, 11) is 0. The van der Waals surface area contributed by atoms with Gasteiger partial charge in [-0.2, -0.15) is 5.26 Å². The first-order valence-electron chi connectivity index (χ1n) is 13.1. The van der Waals surface area contributed by atoms with E-state index >= 15 is 0 Å². The number of allylic oxidation sites excluding steroid dienone is 2. The number of para-hydroxylation sites is 1. The average molecular weight is 573 g/mol. The molecule has 1 aromatic heterocycles. The maximum atomic E-state index is 13.6. The highest BCUT2D eigenvalue weighted by atomic mass is 32.2. The van der Waals surface area contributed by atoms with E-state index in [9.17, 15) is 14.9 Å². The second kappa shape index (κ2) is 13.9. The number of amides is 2. The van der Waals surface area contributed by atoms with Gasteiger partial charge in [-0.1, -0.05) is 49.4 Å². The summed E-state index contributed by atoms with van der Waals surface area (Å²) in [6.45, 7) is 6.54. The molecular formula is C31H32N4O3S2. The number of nitrogens with one attached hydrogen (secondary N) is 3. The molecule has 0 spiro atoms. The molecule has 3 N–H and O–H groups in total. The van der Waals surface area contributed by atoms with Crippen LogP contribution < -0.4 is 20.7 Å². The summed E-state index contributed by atoms with van der Waals surface area (Å²) in [6.07, 6.45) is 2.06. The molecule has 3 aromatic rings. The highest BCUT2D eigenvalue weighted by Crippen LogP contribution is 2.42. The van der Waals surface area contributed by atoms with Crippen LogP contribution in [0.4, 0.5) is 11.4 Å². The minimum Gasteiger partial charge on any atom is -0.494 e. The van der Waals surface area contributed by atoms with Gasteiger partial charge in [-0.3, -0.25) is 9.59 Å². The number of ether oxygens (including phenoxy) is 1. The van der Waals surface area contributed by atoms with Crippen molar-refractivity contribution in [2.24, 2.45) is 0 Å². The lowest BCUT2D eigenvalue weighted by Crippen LogP contribution is -2.31. The first-order valence-corrected chi connectivity index (χ1v) is 15.0. The van der Waals surface area contributed by atoms with Gasteiger partial charge >= 0.3 is 0 Å². The van der Waals surface area contributed by atoms with Gasteiger partial charge in [-0.05, 0) is 67.6 Å². The predicted molar refractivity (Wildman–Crippen MR) is 163 cm³/mol. The van der Waals surface area contributed by atoms with Gasteiger partial charge in [0.25, 0.3) is 5.91 Å². The summed E-state index contributed by atoms with van der Waals surface area (Å²) in [6, 6.07) is 21.0. The maximum Gasteiger partial charge on any atom is 0.254 e. The van der Waals surface area contributed by atoms with Crippen LogP contribution >= 0.6 is 23.1 Å². The first-order chi connectivity index (χ1) is 19.4. The van der Waals surface area contributed by atoms with Crippen molar-refractivity contribution in [3.8, 4) is 11.8 Å². The lowest BCUT2D eigenvalue weighted by atomic mass is 9.86. The fourth-order valence-electron chi connectivity index (χ4n) is 4.27. The molecule has 0 saturated heterocycles.